The molecule has 0 bridgehead atoms. The van der Waals surface area contributed by atoms with E-state index in [0.29, 0.717) is 11.3 Å². The molecule has 0 aliphatic rings. The lowest BCUT2D eigenvalue weighted by molar-refractivity contribution is 0.475. The molecule has 20 heavy (non-hydrogen) atoms. The molecule has 3 aromatic rings. The summed E-state index contributed by atoms with van der Waals surface area (Å²) >= 11 is 0. The van der Waals surface area contributed by atoms with Gasteiger partial charge in [-0.1, -0.05) is 6.07 Å². The minimum atomic E-state index is -0.606. The summed E-state index contributed by atoms with van der Waals surface area (Å²) in [5, 5.41) is 8.96. The van der Waals surface area contributed by atoms with Crippen molar-refractivity contribution in [1.29, 1.82) is 5.26 Å². The van der Waals surface area contributed by atoms with Gasteiger partial charge in [0.15, 0.2) is 0 Å². The van der Waals surface area contributed by atoms with Gasteiger partial charge in [0.25, 0.3) is 0 Å². The number of fused-ring (bicyclic) bond motifs is 1. The summed E-state index contributed by atoms with van der Waals surface area (Å²) in [7, 11) is 0. The van der Waals surface area contributed by atoms with Crippen molar-refractivity contribution < 1.29 is 9.13 Å². The topological polar surface area (TPSA) is 58.8 Å². The Kier molecular flexibility index (Phi) is 2.98. The summed E-state index contributed by atoms with van der Waals surface area (Å²) in [6, 6.07) is 11.2. The van der Waals surface area contributed by atoms with E-state index in [0.717, 1.165) is 5.52 Å². The standard InChI is InChI=1S/C15H8FN3O/c16-12-2-1-3-15(11(12)9-17)20-10-4-5-13-14(8-10)19-7-6-18-13/h1-8H. The lowest BCUT2D eigenvalue weighted by Crippen LogP contribution is -1.92. The van der Waals surface area contributed by atoms with Crippen LogP contribution in [0.1, 0.15) is 5.56 Å². The van der Waals surface area contributed by atoms with Crippen LogP contribution in [-0.2, 0) is 0 Å². The second kappa shape index (κ2) is 4.94. The first-order valence-corrected chi connectivity index (χ1v) is 5.85. The van der Waals surface area contributed by atoms with Crippen LogP contribution in [0.5, 0.6) is 11.5 Å². The van der Waals surface area contributed by atoms with Crippen molar-refractivity contribution in [1.82, 2.24) is 9.97 Å². The highest BCUT2D eigenvalue weighted by atomic mass is 19.1. The predicted molar refractivity (Wildman–Crippen MR) is 70.7 cm³/mol. The molecule has 0 spiro atoms. The molecule has 0 fully saturated rings. The first-order valence-electron chi connectivity index (χ1n) is 5.85. The van der Waals surface area contributed by atoms with Gasteiger partial charge in [-0.3, -0.25) is 9.97 Å². The van der Waals surface area contributed by atoms with Crippen molar-refractivity contribution >= 4 is 11.0 Å². The number of nitrogens with zero attached hydrogens (tertiary/aromatic N) is 3. The van der Waals surface area contributed by atoms with Crippen LogP contribution in [0.2, 0.25) is 0 Å². The minimum Gasteiger partial charge on any atom is -0.456 e. The van der Waals surface area contributed by atoms with Gasteiger partial charge in [0.05, 0.1) is 11.0 Å². The second-order valence-corrected chi connectivity index (χ2v) is 4.03. The van der Waals surface area contributed by atoms with Gasteiger partial charge in [0.1, 0.15) is 28.9 Å². The van der Waals surface area contributed by atoms with E-state index in [4.69, 9.17) is 10.00 Å². The second-order valence-electron chi connectivity index (χ2n) is 4.03. The average molecular weight is 265 g/mol. The molecule has 96 valence electrons. The Labute approximate surface area is 114 Å². The molecule has 0 saturated heterocycles. The monoisotopic (exact) mass is 265 g/mol. The van der Waals surface area contributed by atoms with Gasteiger partial charge in [0.2, 0.25) is 0 Å². The van der Waals surface area contributed by atoms with E-state index in [1.807, 2.05) is 0 Å². The Morgan fingerprint density at radius 3 is 2.65 bits per heavy atom. The SMILES string of the molecule is N#Cc1c(F)cccc1Oc1ccc2nccnc2c1. The summed E-state index contributed by atoms with van der Waals surface area (Å²) in [5.41, 5.74) is 1.28. The first-order chi connectivity index (χ1) is 9.78. The van der Waals surface area contributed by atoms with Crippen molar-refractivity contribution in [3.8, 4) is 17.6 Å². The predicted octanol–water partition coefficient (Wildman–Crippen LogP) is 3.43. The maximum atomic E-state index is 13.5. The molecule has 4 nitrogen and oxygen atoms in total. The number of rotatable bonds is 2. The van der Waals surface area contributed by atoms with Crippen LogP contribution in [0.25, 0.3) is 11.0 Å². The molecule has 5 heteroatoms. The molecule has 2 aromatic carbocycles. The van der Waals surface area contributed by atoms with Crippen molar-refractivity contribution in [3.05, 3.63) is 60.2 Å². The summed E-state index contributed by atoms with van der Waals surface area (Å²) in [4.78, 5) is 8.31. The van der Waals surface area contributed by atoms with Crippen molar-refractivity contribution in [3.63, 3.8) is 0 Å². The summed E-state index contributed by atoms with van der Waals surface area (Å²) in [6.07, 6.45) is 3.18. The number of nitriles is 1. The van der Waals surface area contributed by atoms with Gasteiger partial charge in [0, 0.05) is 18.5 Å². The average Bonchev–Trinajstić information content (AvgIpc) is 2.47. The lowest BCUT2D eigenvalue weighted by atomic mass is 10.2. The number of hydrogen-bond acceptors (Lipinski definition) is 4. The zero-order chi connectivity index (χ0) is 13.9. The third-order valence-electron chi connectivity index (χ3n) is 2.76. The summed E-state index contributed by atoms with van der Waals surface area (Å²) < 4.78 is 19.0. The number of ether oxygens (including phenoxy) is 1. The van der Waals surface area contributed by atoms with Crippen molar-refractivity contribution in [2.75, 3.05) is 0 Å². The van der Waals surface area contributed by atoms with Crippen LogP contribution in [-0.4, -0.2) is 9.97 Å². The number of aromatic nitrogens is 2. The molecular formula is C15H8FN3O. The van der Waals surface area contributed by atoms with Crippen LogP contribution >= 0.6 is 0 Å². The van der Waals surface area contributed by atoms with Gasteiger partial charge in [-0.25, -0.2) is 4.39 Å². The smallest absolute Gasteiger partial charge is 0.148 e. The van der Waals surface area contributed by atoms with E-state index in [2.05, 4.69) is 9.97 Å². The third kappa shape index (κ3) is 2.15. The molecule has 1 aromatic heterocycles. The van der Waals surface area contributed by atoms with Crippen LogP contribution in [0, 0.1) is 17.1 Å². The number of benzene rings is 2. The number of hydrogen-bond donors (Lipinski definition) is 0. The Balaban J connectivity index is 2.02. The van der Waals surface area contributed by atoms with Gasteiger partial charge >= 0.3 is 0 Å². The van der Waals surface area contributed by atoms with Gasteiger partial charge in [-0.15, -0.1) is 0 Å². The Hall–Kier alpha value is -3.00. The maximum absolute atomic E-state index is 13.5. The molecule has 0 radical (unpaired) electrons. The maximum Gasteiger partial charge on any atom is 0.148 e. The van der Waals surface area contributed by atoms with Crippen LogP contribution in [0.4, 0.5) is 4.39 Å². The minimum absolute atomic E-state index is 0.119. The van der Waals surface area contributed by atoms with Gasteiger partial charge in [-0.05, 0) is 24.3 Å². The molecule has 0 aliphatic carbocycles. The molecule has 1 heterocycles. The molecule has 0 saturated carbocycles. The van der Waals surface area contributed by atoms with Gasteiger partial charge in [-0.2, -0.15) is 5.26 Å². The Morgan fingerprint density at radius 1 is 1.05 bits per heavy atom. The van der Waals surface area contributed by atoms with Crippen LogP contribution < -0.4 is 4.74 Å². The van der Waals surface area contributed by atoms with E-state index >= 15 is 0 Å². The fraction of sp³-hybridized carbons (Fsp3) is 0. The first kappa shape index (κ1) is 12.1. The van der Waals surface area contributed by atoms with Crippen LogP contribution in [0.3, 0.4) is 0 Å². The van der Waals surface area contributed by atoms with Gasteiger partial charge < -0.3 is 4.74 Å². The van der Waals surface area contributed by atoms with E-state index in [1.54, 1.807) is 42.7 Å². The molecule has 0 atom stereocenters. The molecule has 0 unspecified atom stereocenters. The number of halogens is 1. The highest BCUT2D eigenvalue weighted by Crippen LogP contribution is 2.27. The van der Waals surface area contributed by atoms with Crippen molar-refractivity contribution in [2.24, 2.45) is 0 Å². The lowest BCUT2D eigenvalue weighted by Gasteiger charge is -2.08. The molecule has 0 aliphatic heterocycles. The zero-order valence-electron chi connectivity index (χ0n) is 10.2. The molecule has 0 amide bonds. The Bertz CT molecular complexity index is 827. The largest absolute Gasteiger partial charge is 0.456 e. The normalized spacial score (nSPS) is 10.2. The molecule has 0 N–H and O–H groups in total. The quantitative estimate of drug-likeness (QED) is 0.712. The van der Waals surface area contributed by atoms with Crippen molar-refractivity contribution in [2.45, 2.75) is 0 Å². The zero-order valence-corrected chi connectivity index (χ0v) is 10.2. The van der Waals surface area contributed by atoms with Crippen LogP contribution in [0.15, 0.2) is 48.8 Å². The van der Waals surface area contributed by atoms with E-state index < -0.39 is 5.82 Å². The molecular weight excluding hydrogens is 257 g/mol. The van der Waals surface area contributed by atoms with E-state index in [9.17, 15) is 4.39 Å². The summed E-state index contributed by atoms with van der Waals surface area (Å²) in [5.74, 6) is 0.0430. The highest BCUT2D eigenvalue weighted by Gasteiger charge is 2.10. The van der Waals surface area contributed by atoms with E-state index in [1.165, 1.54) is 12.1 Å². The fourth-order valence-corrected chi connectivity index (χ4v) is 1.83. The Morgan fingerprint density at radius 2 is 1.85 bits per heavy atom. The summed E-state index contributed by atoms with van der Waals surface area (Å²) in [6.45, 7) is 0. The van der Waals surface area contributed by atoms with E-state index in [-0.39, 0.29) is 11.3 Å². The molecule has 3 rings (SSSR count). The third-order valence-corrected chi connectivity index (χ3v) is 2.76. The highest BCUT2D eigenvalue weighted by molar-refractivity contribution is 5.75. The fourth-order valence-electron chi connectivity index (χ4n) is 1.83.